The first kappa shape index (κ1) is 18.6. The fraction of sp³-hybridized carbons (Fsp3) is 0.348. The Hall–Kier alpha value is -3.16. The van der Waals surface area contributed by atoms with Gasteiger partial charge in [0.1, 0.15) is 11.5 Å². The monoisotopic (exact) mass is 426 g/mol. The molecule has 0 N–H and O–H groups in total. The number of halogens is 3. The van der Waals surface area contributed by atoms with Gasteiger partial charge in [-0.25, -0.2) is 0 Å². The molecule has 0 radical (unpaired) electrons. The van der Waals surface area contributed by atoms with Crippen LogP contribution in [0.1, 0.15) is 17.7 Å². The molecule has 31 heavy (non-hydrogen) atoms. The van der Waals surface area contributed by atoms with Crippen LogP contribution in [0.3, 0.4) is 0 Å². The highest BCUT2D eigenvalue weighted by Gasteiger charge is 2.67. The van der Waals surface area contributed by atoms with Gasteiger partial charge in [0.15, 0.2) is 0 Å². The zero-order valence-electron chi connectivity index (χ0n) is 16.1. The van der Waals surface area contributed by atoms with Crippen LogP contribution in [0.4, 0.5) is 13.2 Å². The van der Waals surface area contributed by atoms with E-state index in [1.807, 2.05) is 0 Å². The summed E-state index contributed by atoms with van der Waals surface area (Å²) >= 11 is 0. The zero-order chi connectivity index (χ0) is 21.5. The lowest BCUT2D eigenvalue weighted by atomic mass is 9.63. The predicted octanol–water partition coefficient (Wildman–Crippen LogP) is 4.35. The molecule has 7 rings (SSSR count). The van der Waals surface area contributed by atoms with Crippen molar-refractivity contribution < 1.29 is 27.2 Å². The number of carbonyl (C=O) groups excluding carboxylic acids is 2. The molecule has 4 aliphatic carbocycles. The number of hydrazone groups is 1. The molecule has 2 amide bonds. The number of carbonyl (C=O) groups is 2. The maximum absolute atomic E-state index is 12.9. The third kappa shape index (κ3) is 2.73. The highest BCUT2D eigenvalue weighted by molar-refractivity contribution is 6.06. The van der Waals surface area contributed by atoms with E-state index in [-0.39, 0.29) is 52.6 Å². The Labute approximate surface area is 175 Å². The summed E-state index contributed by atoms with van der Waals surface area (Å²) in [6, 6.07) is 7.89. The smallest absolute Gasteiger partial charge is 0.416 e. The largest absolute Gasteiger partial charge is 0.455 e. The maximum atomic E-state index is 12.9. The number of allylic oxidation sites excluding steroid dienone is 2. The average molecular weight is 426 g/mol. The number of hydrogen-bond acceptors (Lipinski definition) is 4. The molecule has 2 heterocycles. The molecular formula is C23H17F3N2O3. The Morgan fingerprint density at radius 3 is 2.32 bits per heavy atom. The molecule has 2 saturated carbocycles. The molecule has 6 atom stereocenters. The second-order valence-corrected chi connectivity index (χ2v) is 8.67. The van der Waals surface area contributed by atoms with Gasteiger partial charge in [0.2, 0.25) is 0 Å². The second-order valence-electron chi connectivity index (χ2n) is 8.67. The van der Waals surface area contributed by atoms with Gasteiger partial charge in [-0.2, -0.15) is 23.3 Å². The number of alkyl halides is 3. The van der Waals surface area contributed by atoms with Crippen LogP contribution in [0.5, 0.6) is 0 Å². The molecule has 5 nitrogen and oxygen atoms in total. The van der Waals surface area contributed by atoms with Crippen LogP contribution in [0.15, 0.2) is 58.1 Å². The van der Waals surface area contributed by atoms with Crippen molar-refractivity contribution in [3.05, 3.63) is 59.9 Å². The normalized spacial score (nSPS) is 33.3. The van der Waals surface area contributed by atoms with Crippen molar-refractivity contribution in [3.63, 3.8) is 0 Å². The van der Waals surface area contributed by atoms with Gasteiger partial charge in [-0.05, 0) is 54.4 Å². The summed E-state index contributed by atoms with van der Waals surface area (Å²) < 4.78 is 44.4. The van der Waals surface area contributed by atoms with Gasteiger partial charge >= 0.3 is 6.18 Å². The van der Waals surface area contributed by atoms with Crippen molar-refractivity contribution in [2.24, 2.45) is 40.6 Å². The lowest BCUT2D eigenvalue weighted by Crippen LogP contribution is -2.40. The van der Waals surface area contributed by atoms with E-state index < -0.39 is 11.7 Å². The van der Waals surface area contributed by atoms with Gasteiger partial charge in [0.25, 0.3) is 11.8 Å². The number of benzene rings is 1. The average Bonchev–Trinajstić information content (AvgIpc) is 3.38. The fourth-order valence-electron chi connectivity index (χ4n) is 5.60. The first-order valence-corrected chi connectivity index (χ1v) is 10.2. The summed E-state index contributed by atoms with van der Waals surface area (Å²) in [6.07, 6.45) is 2.08. The number of nitrogens with zero attached hydrogens (tertiary/aromatic N) is 2. The first-order chi connectivity index (χ1) is 14.8. The number of amides is 2. The van der Waals surface area contributed by atoms with Crippen molar-refractivity contribution in [1.29, 1.82) is 0 Å². The van der Waals surface area contributed by atoms with E-state index in [2.05, 4.69) is 17.3 Å². The van der Waals surface area contributed by atoms with Crippen molar-refractivity contribution in [1.82, 2.24) is 5.01 Å². The minimum atomic E-state index is -4.45. The predicted molar refractivity (Wildman–Crippen MR) is 103 cm³/mol. The Morgan fingerprint density at radius 1 is 1.00 bits per heavy atom. The summed E-state index contributed by atoms with van der Waals surface area (Å²) in [5.41, 5.74) is -0.496. The highest BCUT2D eigenvalue weighted by atomic mass is 19.4. The molecule has 1 aromatic heterocycles. The molecule has 2 aromatic rings. The summed E-state index contributed by atoms with van der Waals surface area (Å²) in [7, 11) is 0. The fourth-order valence-corrected chi connectivity index (χ4v) is 5.60. The molecular weight excluding hydrogens is 409 g/mol. The van der Waals surface area contributed by atoms with E-state index in [0.29, 0.717) is 11.8 Å². The third-order valence-electron chi connectivity index (χ3n) is 7.04. The molecule has 158 valence electrons. The molecule has 8 heteroatoms. The first-order valence-electron chi connectivity index (χ1n) is 10.2. The molecule has 1 aliphatic heterocycles. The lowest BCUT2D eigenvalue weighted by molar-refractivity contribution is -0.140. The lowest BCUT2D eigenvalue weighted by Gasteiger charge is -2.37. The van der Waals surface area contributed by atoms with Crippen LogP contribution in [0.2, 0.25) is 0 Å². The number of imide groups is 1. The Kier molecular flexibility index (Phi) is 3.71. The van der Waals surface area contributed by atoms with E-state index in [9.17, 15) is 22.8 Å². The van der Waals surface area contributed by atoms with Gasteiger partial charge in [-0.3, -0.25) is 9.59 Å². The van der Waals surface area contributed by atoms with E-state index in [4.69, 9.17) is 4.42 Å². The van der Waals surface area contributed by atoms with Crippen molar-refractivity contribution in [2.45, 2.75) is 12.6 Å². The maximum Gasteiger partial charge on any atom is 0.416 e. The van der Waals surface area contributed by atoms with Gasteiger partial charge in [-0.15, -0.1) is 0 Å². The van der Waals surface area contributed by atoms with E-state index >= 15 is 0 Å². The third-order valence-corrected chi connectivity index (χ3v) is 7.04. The van der Waals surface area contributed by atoms with Crippen LogP contribution in [0.25, 0.3) is 11.3 Å². The molecule has 0 unspecified atom stereocenters. The van der Waals surface area contributed by atoms with Gasteiger partial charge in [-0.1, -0.05) is 24.3 Å². The summed E-state index contributed by atoms with van der Waals surface area (Å²) in [6.45, 7) is 0. The van der Waals surface area contributed by atoms with E-state index in [1.54, 1.807) is 0 Å². The molecule has 1 aromatic carbocycles. The van der Waals surface area contributed by atoms with Crippen molar-refractivity contribution in [2.75, 3.05) is 0 Å². The quantitative estimate of drug-likeness (QED) is 0.416. The highest BCUT2D eigenvalue weighted by Crippen LogP contribution is 2.65. The number of rotatable bonds is 3. The number of furan rings is 1. The van der Waals surface area contributed by atoms with E-state index in [0.717, 1.165) is 23.6 Å². The Bertz CT molecular complexity index is 1130. The molecule has 5 aliphatic rings. The molecule has 1 saturated heterocycles. The van der Waals surface area contributed by atoms with Crippen LogP contribution in [0, 0.1) is 35.5 Å². The van der Waals surface area contributed by atoms with Crippen LogP contribution in [-0.4, -0.2) is 23.0 Å². The standard InChI is InChI=1S/C23H17F3N2O3/c24-23(25,26)12-3-1-2-11(8-12)18-7-4-13(31-18)10-27-28-21(29)19-14-5-6-15(17-9-16(14)17)20(19)22(28)30/h1-8,10,14-17,19-20H,9H2/b27-10-/t14-,15-,16-,17+,19+,20+/m0/s1. The van der Waals surface area contributed by atoms with Crippen LogP contribution < -0.4 is 0 Å². The zero-order valence-corrected chi connectivity index (χ0v) is 16.1. The van der Waals surface area contributed by atoms with Crippen LogP contribution in [-0.2, 0) is 15.8 Å². The molecule has 3 fully saturated rings. The Morgan fingerprint density at radius 2 is 1.68 bits per heavy atom. The van der Waals surface area contributed by atoms with E-state index in [1.165, 1.54) is 30.5 Å². The second kappa shape index (κ2) is 6.18. The van der Waals surface area contributed by atoms with Crippen LogP contribution >= 0.6 is 0 Å². The molecule has 2 bridgehead atoms. The SMILES string of the molecule is O=C1[C@@H]2[C@H]3C=C[C@@H]([C@@H]4C[C@H]34)[C@H]2C(=O)N1/N=C\c1ccc(-c2cccc(C(F)(F)F)c2)o1. The topological polar surface area (TPSA) is 62.9 Å². The minimum absolute atomic E-state index is 0.118. The Balaban J connectivity index is 1.23. The van der Waals surface area contributed by atoms with Gasteiger partial charge < -0.3 is 4.42 Å². The van der Waals surface area contributed by atoms with Gasteiger partial charge in [0, 0.05) is 5.56 Å². The van der Waals surface area contributed by atoms with Crippen molar-refractivity contribution in [3.8, 4) is 11.3 Å². The summed E-state index contributed by atoms with van der Waals surface area (Å²) in [5, 5.41) is 5.03. The molecule has 0 spiro atoms. The summed E-state index contributed by atoms with van der Waals surface area (Å²) in [5.74, 6) is 0.520. The minimum Gasteiger partial charge on any atom is -0.455 e. The van der Waals surface area contributed by atoms with Crippen molar-refractivity contribution >= 4 is 18.0 Å². The summed E-state index contributed by atoms with van der Waals surface area (Å²) in [4.78, 5) is 25.8. The van der Waals surface area contributed by atoms with Gasteiger partial charge in [0.05, 0.1) is 23.6 Å². The number of hydrogen-bond donors (Lipinski definition) is 0.